The van der Waals surface area contributed by atoms with Gasteiger partial charge in [0.1, 0.15) is 6.04 Å². The first-order chi connectivity index (χ1) is 14.5. The predicted molar refractivity (Wildman–Crippen MR) is 126 cm³/mol. The molecule has 2 amide bonds. The topological polar surface area (TPSA) is 49.4 Å². The molecule has 4 nitrogen and oxygen atoms in total. The van der Waals surface area contributed by atoms with E-state index in [0.29, 0.717) is 30.2 Å². The number of nitrogens with one attached hydrogen (secondary N) is 1. The van der Waals surface area contributed by atoms with Crippen LogP contribution in [0.2, 0.25) is 5.02 Å². The normalized spacial score (nSPS) is 12.8. The van der Waals surface area contributed by atoms with Crippen molar-refractivity contribution in [1.29, 1.82) is 0 Å². The van der Waals surface area contributed by atoms with Gasteiger partial charge >= 0.3 is 0 Å². The Labute approximate surface area is 189 Å². The molecule has 0 aliphatic rings. The molecule has 0 aliphatic heterocycles. The molecule has 2 aromatic rings. The van der Waals surface area contributed by atoms with Gasteiger partial charge in [-0.05, 0) is 43.5 Å². The average Bonchev–Trinajstić information content (AvgIpc) is 2.75. The molecule has 0 saturated carbocycles. The third kappa shape index (κ3) is 7.37. The van der Waals surface area contributed by atoms with Crippen LogP contribution in [0.1, 0.15) is 45.6 Å². The first-order valence-electron chi connectivity index (χ1n) is 10.5. The lowest BCUT2D eigenvalue weighted by Crippen LogP contribution is -2.50. The Hall–Kier alpha value is -1.98. The minimum Gasteiger partial charge on any atom is -0.352 e. The second kappa shape index (κ2) is 12.7. The molecular weight excluding hydrogens is 416 g/mol. The summed E-state index contributed by atoms with van der Waals surface area (Å²) in [5.74, 6) is 0.512. The molecule has 6 heteroatoms. The Balaban J connectivity index is 2.15. The lowest BCUT2D eigenvalue weighted by atomic mass is 10.1. The van der Waals surface area contributed by atoms with Crippen LogP contribution in [0.15, 0.2) is 59.5 Å². The van der Waals surface area contributed by atoms with Crippen molar-refractivity contribution in [2.24, 2.45) is 0 Å². The van der Waals surface area contributed by atoms with Crippen LogP contribution in [0.4, 0.5) is 0 Å². The summed E-state index contributed by atoms with van der Waals surface area (Å²) in [7, 11) is 0. The molecule has 2 aromatic carbocycles. The Morgan fingerprint density at radius 2 is 1.70 bits per heavy atom. The molecular formula is C24H31ClN2O2S. The molecule has 0 aliphatic carbocycles. The van der Waals surface area contributed by atoms with Gasteiger partial charge in [0.2, 0.25) is 11.8 Å². The van der Waals surface area contributed by atoms with Gasteiger partial charge in [-0.3, -0.25) is 9.59 Å². The standard InChI is InChI=1S/C24H31ClN2O2S/c1-4-18(3)26-24(29)22(5-2)27(17-19-11-9-10-14-21(19)25)23(28)15-16-30-20-12-7-6-8-13-20/h6-14,18,22H,4-5,15-17H2,1-3H3,(H,26,29)/t18-,22-/m1/s1. The Bertz CT molecular complexity index is 816. The summed E-state index contributed by atoms with van der Waals surface area (Å²) in [6.45, 7) is 6.26. The summed E-state index contributed by atoms with van der Waals surface area (Å²) in [6.07, 6.45) is 1.75. The van der Waals surface area contributed by atoms with Crippen LogP contribution in [-0.2, 0) is 16.1 Å². The summed E-state index contributed by atoms with van der Waals surface area (Å²) in [5.41, 5.74) is 0.845. The van der Waals surface area contributed by atoms with Crippen molar-refractivity contribution in [1.82, 2.24) is 10.2 Å². The van der Waals surface area contributed by atoms with Crippen molar-refractivity contribution in [3.8, 4) is 0 Å². The first-order valence-corrected chi connectivity index (χ1v) is 11.8. The fourth-order valence-corrected chi connectivity index (χ4v) is 4.14. The summed E-state index contributed by atoms with van der Waals surface area (Å²) >= 11 is 7.99. The third-order valence-electron chi connectivity index (χ3n) is 5.01. The van der Waals surface area contributed by atoms with E-state index in [0.717, 1.165) is 16.9 Å². The zero-order chi connectivity index (χ0) is 21.9. The molecule has 2 atom stereocenters. The van der Waals surface area contributed by atoms with Crippen molar-refractivity contribution < 1.29 is 9.59 Å². The lowest BCUT2D eigenvalue weighted by Gasteiger charge is -2.31. The Morgan fingerprint density at radius 3 is 2.33 bits per heavy atom. The van der Waals surface area contributed by atoms with Gasteiger partial charge in [-0.25, -0.2) is 0 Å². The van der Waals surface area contributed by atoms with Crippen LogP contribution < -0.4 is 5.32 Å². The van der Waals surface area contributed by atoms with Gasteiger partial charge in [-0.2, -0.15) is 0 Å². The molecule has 0 saturated heterocycles. The van der Waals surface area contributed by atoms with Crippen molar-refractivity contribution in [3.05, 3.63) is 65.2 Å². The number of benzene rings is 2. The average molecular weight is 447 g/mol. The number of rotatable bonds is 11. The van der Waals surface area contributed by atoms with E-state index >= 15 is 0 Å². The van der Waals surface area contributed by atoms with E-state index in [9.17, 15) is 9.59 Å². The van der Waals surface area contributed by atoms with Crippen LogP contribution >= 0.6 is 23.4 Å². The van der Waals surface area contributed by atoms with E-state index in [1.165, 1.54) is 0 Å². The highest BCUT2D eigenvalue weighted by Gasteiger charge is 2.29. The highest BCUT2D eigenvalue weighted by atomic mass is 35.5. The molecule has 0 fully saturated rings. The fraction of sp³-hybridized carbons (Fsp3) is 0.417. The fourth-order valence-electron chi connectivity index (χ4n) is 3.09. The number of carbonyl (C=O) groups is 2. The van der Waals surface area contributed by atoms with E-state index in [-0.39, 0.29) is 17.9 Å². The Morgan fingerprint density at radius 1 is 1.03 bits per heavy atom. The number of carbonyl (C=O) groups excluding carboxylic acids is 2. The van der Waals surface area contributed by atoms with Crippen molar-refractivity contribution in [3.63, 3.8) is 0 Å². The zero-order valence-electron chi connectivity index (χ0n) is 17.9. The third-order valence-corrected chi connectivity index (χ3v) is 6.40. The zero-order valence-corrected chi connectivity index (χ0v) is 19.5. The molecule has 30 heavy (non-hydrogen) atoms. The first kappa shape index (κ1) is 24.3. The predicted octanol–water partition coefficient (Wildman–Crippen LogP) is 5.54. The number of nitrogens with zero attached hydrogens (tertiary/aromatic N) is 1. The summed E-state index contributed by atoms with van der Waals surface area (Å²) in [4.78, 5) is 28.9. The van der Waals surface area contributed by atoms with E-state index in [1.807, 2.05) is 75.4 Å². The van der Waals surface area contributed by atoms with E-state index in [4.69, 9.17) is 11.6 Å². The maximum atomic E-state index is 13.2. The van der Waals surface area contributed by atoms with Crippen LogP contribution in [0.25, 0.3) is 0 Å². The molecule has 0 spiro atoms. The van der Waals surface area contributed by atoms with Crippen LogP contribution in [-0.4, -0.2) is 34.6 Å². The van der Waals surface area contributed by atoms with Crippen LogP contribution in [0.3, 0.4) is 0 Å². The van der Waals surface area contributed by atoms with Gasteiger partial charge in [0, 0.05) is 34.7 Å². The molecule has 2 rings (SSSR count). The van der Waals surface area contributed by atoms with Crippen molar-refractivity contribution in [2.45, 2.75) is 63.6 Å². The molecule has 0 aromatic heterocycles. The molecule has 0 heterocycles. The quantitative estimate of drug-likeness (QED) is 0.460. The van der Waals surface area contributed by atoms with E-state index in [2.05, 4.69) is 5.32 Å². The van der Waals surface area contributed by atoms with Gasteiger partial charge < -0.3 is 10.2 Å². The van der Waals surface area contributed by atoms with Gasteiger partial charge in [-0.15, -0.1) is 11.8 Å². The monoisotopic (exact) mass is 446 g/mol. The molecule has 0 unspecified atom stereocenters. The maximum absolute atomic E-state index is 13.2. The maximum Gasteiger partial charge on any atom is 0.243 e. The number of hydrogen-bond donors (Lipinski definition) is 1. The molecule has 0 bridgehead atoms. The number of thioether (sulfide) groups is 1. The summed E-state index contributed by atoms with van der Waals surface area (Å²) in [5, 5.41) is 3.63. The minimum absolute atomic E-state index is 0.0375. The minimum atomic E-state index is -0.524. The number of hydrogen-bond acceptors (Lipinski definition) is 3. The summed E-state index contributed by atoms with van der Waals surface area (Å²) < 4.78 is 0. The number of amides is 2. The smallest absolute Gasteiger partial charge is 0.243 e. The highest BCUT2D eigenvalue weighted by molar-refractivity contribution is 7.99. The van der Waals surface area contributed by atoms with Gasteiger partial charge in [0.25, 0.3) is 0 Å². The van der Waals surface area contributed by atoms with E-state index in [1.54, 1.807) is 16.7 Å². The summed E-state index contributed by atoms with van der Waals surface area (Å²) in [6, 6.07) is 17.0. The molecule has 1 N–H and O–H groups in total. The number of halogens is 1. The van der Waals surface area contributed by atoms with Gasteiger partial charge in [0.05, 0.1) is 0 Å². The SMILES string of the molecule is CC[C@@H](C)NC(=O)[C@@H](CC)N(Cc1ccccc1Cl)C(=O)CCSc1ccccc1. The largest absolute Gasteiger partial charge is 0.352 e. The van der Waals surface area contributed by atoms with E-state index < -0.39 is 6.04 Å². The Kier molecular flexibility index (Phi) is 10.2. The van der Waals surface area contributed by atoms with Crippen LogP contribution in [0, 0.1) is 0 Å². The lowest BCUT2D eigenvalue weighted by molar-refractivity contribution is -0.141. The van der Waals surface area contributed by atoms with Crippen molar-refractivity contribution in [2.75, 3.05) is 5.75 Å². The van der Waals surface area contributed by atoms with Crippen LogP contribution in [0.5, 0.6) is 0 Å². The molecule has 162 valence electrons. The molecule has 0 radical (unpaired) electrons. The van der Waals surface area contributed by atoms with Gasteiger partial charge in [0.15, 0.2) is 0 Å². The highest BCUT2D eigenvalue weighted by Crippen LogP contribution is 2.22. The second-order valence-corrected chi connectivity index (χ2v) is 8.84. The van der Waals surface area contributed by atoms with Crippen molar-refractivity contribution >= 4 is 35.2 Å². The van der Waals surface area contributed by atoms with Gasteiger partial charge in [-0.1, -0.05) is 61.8 Å². The second-order valence-electron chi connectivity index (χ2n) is 7.27.